The average molecular weight is 284 g/mol. The zero-order valence-electron chi connectivity index (χ0n) is 10.2. The van der Waals surface area contributed by atoms with Crippen molar-refractivity contribution in [1.82, 2.24) is 10.3 Å². The zero-order chi connectivity index (χ0) is 15.3. The summed E-state index contributed by atoms with van der Waals surface area (Å²) in [4.78, 5) is 45.3. The minimum atomic E-state index is -1.33. The number of primary amides is 1. The first-order chi connectivity index (χ1) is 9.31. The maximum Gasteiger partial charge on any atom is 0.326 e. The van der Waals surface area contributed by atoms with Gasteiger partial charge < -0.3 is 21.1 Å². The molecule has 1 atom stereocenters. The number of carboxylic acid groups (broad SMARTS) is 1. The van der Waals surface area contributed by atoms with Crippen LogP contribution in [0.2, 0.25) is 0 Å². The molecule has 0 aliphatic heterocycles. The number of carboxylic acids is 1. The highest BCUT2D eigenvalue weighted by atomic mass is 16.6. The van der Waals surface area contributed by atoms with Crippen LogP contribution in [0.25, 0.3) is 0 Å². The highest BCUT2D eigenvalue weighted by molar-refractivity contribution is 5.95. The van der Waals surface area contributed by atoms with Crippen LogP contribution in [-0.2, 0) is 9.59 Å². The van der Waals surface area contributed by atoms with Gasteiger partial charge in [-0.25, -0.2) is 4.79 Å². The number of rotatable bonds is 7. The molecule has 1 aromatic heterocycles. The summed E-state index contributed by atoms with van der Waals surface area (Å²) in [6.45, 7) is 0. The van der Waals surface area contributed by atoms with E-state index in [1.807, 2.05) is 0 Å². The summed E-state index contributed by atoms with van der Waals surface area (Å²) >= 11 is 0. The highest BCUT2D eigenvalue weighted by Gasteiger charge is 2.23. The molecule has 1 aromatic rings. The van der Waals surface area contributed by atoms with E-state index in [1.165, 1.54) is 0 Å². The summed E-state index contributed by atoms with van der Waals surface area (Å²) in [6.07, 6.45) is 0.634. The Kier molecular flexibility index (Phi) is 4.78. The van der Waals surface area contributed by atoms with Gasteiger partial charge in [-0.05, 0) is 6.42 Å². The molecule has 0 bridgehead atoms. The van der Waals surface area contributed by atoms with E-state index in [0.717, 1.165) is 12.3 Å². The third-order valence-electron chi connectivity index (χ3n) is 2.41. The van der Waals surface area contributed by atoms with E-state index in [9.17, 15) is 24.5 Å². The molecular weight excluding hydrogens is 272 g/mol. The Morgan fingerprint density at radius 3 is 2.60 bits per heavy atom. The smallest absolute Gasteiger partial charge is 0.326 e. The Morgan fingerprint density at radius 1 is 1.50 bits per heavy atom. The summed E-state index contributed by atoms with van der Waals surface area (Å²) in [7, 11) is 0. The molecule has 10 nitrogen and oxygen atoms in total. The summed E-state index contributed by atoms with van der Waals surface area (Å²) in [5, 5.41) is 21.5. The second kappa shape index (κ2) is 6.31. The summed E-state index contributed by atoms with van der Waals surface area (Å²) in [6, 6.07) is -0.333. The number of carbonyl (C=O) groups is 3. The van der Waals surface area contributed by atoms with Crippen LogP contribution in [0.5, 0.6) is 0 Å². The molecule has 0 aliphatic carbocycles. The number of H-pyrrole nitrogens is 1. The van der Waals surface area contributed by atoms with E-state index < -0.39 is 28.7 Å². The predicted molar refractivity (Wildman–Crippen MR) is 64.8 cm³/mol. The van der Waals surface area contributed by atoms with Gasteiger partial charge in [0, 0.05) is 12.5 Å². The third kappa shape index (κ3) is 4.08. The van der Waals surface area contributed by atoms with Crippen LogP contribution in [-0.4, -0.2) is 38.8 Å². The van der Waals surface area contributed by atoms with Gasteiger partial charge in [-0.2, -0.15) is 0 Å². The lowest BCUT2D eigenvalue weighted by Gasteiger charge is -2.12. The number of nitrogens with one attached hydrogen (secondary N) is 2. The van der Waals surface area contributed by atoms with Crippen molar-refractivity contribution in [2.45, 2.75) is 18.9 Å². The van der Waals surface area contributed by atoms with Gasteiger partial charge in [0.05, 0.1) is 11.1 Å². The van der Waals surface area contributed by atoms with E-state index in [0.29, 0.717) is 0 Å². The minimum Gasteiger partial charge on any atom is -0.480 e. The average Bonchev–Trinajstić information content (AvgIpc) is 2.83. The molecule has 0 saturated carbocycles. The zero-order valence-corrected chi connectivity index (χ0v) is 10.2. The Bertz CT molecular complexity index is 552. The van der Waals surface area contributed by atoms with Crippen molar-refractivity contribution in [3.05, 3.63) is 28.1 Å². The first kappa shape index (κ1) is 15.1. The summed E-state index contributed by atoms with van der Waals surface area (Å²) in [5.74, 6) is -2.85. The van der Waals surface area contributed by atoms with Gasteiger partial charge in [0.2, 0.25) is 5.91 Å². The first-order valence-electron chi connectivity index (χ1n) is 5.46. The molecule has 0 radical (unpaired) electrons. The monoisotopic (exact) mass is 284 g/mol. The van der Waals surface area contributed by atoms with Crippen LogP contribution in [0.4, 0.5) is 5.69 Å². The molecule has 0 spiro atoms. The van der Waals surface area contributed by atoms with Crippen LogP contribution in [0.3, 0.4) is 0 Å². The first-order valence-corrected chi connectivity index (χ1v) is 5.46. The van der Waals surface area contributed by atoms with Gasteiger partial charge in [-0.1, -0.05) is 0 Å². The molecule has 2 amide bonds. The number of hydrogen-bond donors (Lipinski definition) is 4. The molecule has 5 N–H and O–H groups in total. The molecule has 20 heavy (non-hydrogen) atoms. The molecule has 0 saturated heterocycles. The number of hydrogen-bond acceptors (Lipinski definition) is 5. The number of aromatic nitrogens is 1. The van der Waals surface area contributed by atoms with Crippen LogP contribution < -0.4 is 11.1 Å². The minimum absolute atomic E-state index is 0.151. The molecule has 0 unspecified atom stereocenters. The number of aliphatic carboxylic acids is 1. The van der Waals surface area contributed by atoms with Crippen LogP contribution in [0, 0.1) is 10.1 Å². The van der Waals surface area contributed by atoms with E-state index >= 15 is 0 Å². The highest BCUT2D eigenvalue weighted by Crippen LogP contribution is 2.12. The Labute approximate surface area is 112 Å². The van der Waals surface area contributed by atoms with Crippen LogP contribution in [0.1, 0.15) is 23.3 Å². The van der Waals surface area contributed by atoms with Crippen LogP contribution in [0.15, 0.2) is 12.3 Å². The topological polar surface area (TPSA) is 168 Å². The van der Waals surface area contributed by atoms with Gasteiger partial charge in [0.1, 0.15) is 11.7 Å². The fraction of sp³-hybridized carbons (Fsp3) is 0.300. The molecule has 108 valence electrons. The second-order valence-corrected chi connectivity index (χ2v) is 3.90. The molecular formula is C10H12N4O6. The van der Waals surface area contributed by atoms with Crippen molar-refractivity contribution in [3.8, 4) is 0 Å². The van der Waals surface area contributed by atoms with Gasteiger partial charge in [-0.3, -0.25) is 19.7 Å². The largest absolute Gasteiger partial charge is 0.480 e. The van der Waals surface area contributed by atoms with Crippen LogP contribution >= 0.6 is 0 Å². The third-order valence-corrected chi connectivity index (χ3v) is 2.41. The van der Waals surface area contributed by atoms with E-state index in [2.05, 4.69) is 10.3 Å². The van der Waals surface area contributed by atoms with Crippen molar-refractivity contribution >= 4 is 23.5 Å². The fourth-order valence-electron chi connectivity index (χ4n) is 1.40. The molecule has 0 fully saturated rings. The molecule has 0 aliphatic rings. The predicted octanol–water partition coefficient (Wildman–Crippen LogP) is -0.629. The lowest BCUT2D eigenvalue weighted by molar-refractivity contribution is -0.384. The normalized spacial score (nSPS) is 11.6. The van der Waals surface area contributed by atoms with Gasteiger partial charge in [0.25, 0.3) is 11.6 Å². The van der Waals surface area contributed by atoms with Gasteiger partial charge in [0.15, 0.2) is 0 Å². The van der Waals surface area contributed by atoms with Crippen molar-refractivity contribution in [3.63, 3.8) is 0 Å². The van der Waals surface area contributed by atoms with Crippen molar-refractivity contribution in [2.75, 3.05) is 0 Å². The maximum atomic E-state index is 11.7. The lowest BCUT2D eigenvalue weighted by atomic mass is 10.1. The SMILES string of the molecule is NC(=O)CC[C@@H](NC(=O)c1cc([N+](=O)[O-])c[nH]1)C(=O)O. The number of carbonyl (C=O) groups excluding carboxylic acids is 2. The molecule has 0 aromatic carbocycles. The number of aromatic amines is 1. The van der Waals surface area contributed by atoms with E-state index in [1.54, 1.807) is 0 Å². The Balaban J connectivity index is 2.72. The molecule has 1 rings (SSSR count). The molecule has 10 heteroatoms. The number of amides is 2. The second-order valence-electron chi connectivity index (χ2n) is 3.90. The fourth-order valence-corrected chi connectivity index (χ4v) is 1.40. The van der Waals surface area contributed by atoms with Crippen molar-refractivity contribution < 1.29 is 24.4 Å². The van der Waals surface area contributed by atoms with Gasteiger partial charge >= 0.3 is 5.97 Å². The lowest BCUT2D eigenvalue weighted by Crippen LogP contribution is -2.41. The number of nitro groups is 1. The number of nitrogens with two attached hydrogens (primary N) is 1. The van der Waals surface area contributed by atoms with Crippen molar-refractivity contribution in [1.29, 1.82) is 0 Å². The summed E-state index contributed by atoms with van der Waals surface area (Å²) < 4.78 is 0. The molecule has 1 heterocycles. The van der Waals surface area contributed by atoms with Gasteiger partial charge in [-0.15, -0.1) is 0 Å². The van der Waals surface area contributed by atoms with Crippen molar-refractivity contribution in [2.24, 2.45) is 5.73 Å². The van der Waals surface area contributed by atoms with E-state index in [4.69, 9.17) is 10.8 Å². The Morgan fingerprint density at radius 2 is 2.15 bits per heavy atom. The standard InChI is InChI=1S/C10H12N4O6/c11-8(15)2-1-6(10(17)18)13-9(16)7-3-5(4-12-7)14(19)20/h3-4,6,12H,1-2H2,(H2,11,15)(H,13,16)(H,17,18)/t6-/m1/s1. The maximum absolute atomic E-state index is 11.7. The quantitative estimate of drug-likeness (QED) is 0.384. The summed E-state index contributed by atoms with van der Waals surface area (Å²) in [5.41, 5.74) is 4.42. The van der Waals surface area contributed by atoms with E-state index in [-0.39, 0.29) is 24.2 Å². The number of nitrogens with zero attached hydrogens (tertiary/aromatic N) is 1. The Hall–Kier alpha value is -2.91.